The molecule has 0 spiro atoms. The van der Waals surface area contributed by atoms with E-state index < -0.39 is 17.4 Å². The van der Waals surface area contributed by atoms with Crippen LogP contribution in [0.2, 0.25) is 0 Å². The Morgan fingerprint density at radius 1 is 1.57 bits per heavy atom. The van der Waals surface area contributed by atoms with Gasteiger partial charge in [-0.1, -0.05) is 0 Å². The maximum absolute atomic E-state index is 12.5. The van der Waals surface area contributed by atoms with Crippen molar-refractivity contribution in [2.24, 2.45) is 11.7 Å². The highest BCUT2D eigenvalue weighted by molar-refractivity contribution is 5.80. The fourth-order valence-electron chi connectivity index (χ4n) is 1.33. The summed E-state index contributed by atoms with van der Waals surface area (Å²) >= 11 is 0. The summed E-state index contributed by atoms with van der Waals surface area (Å²) in [5, 5.41) is 2.65. The summed E-state index contributed by atoms with van der Waals surface area (Å²) < 4.78 is 24.9. The molecule has 3 N–H and O–H groups in total. The standard InChI is InChI=1S/C9H16F2N2O/c1-8(2,5-12)13-7(14)6-3-9(10,11)4-6/h6H,3-5,12H2,1-2H3,(H,13,14). The van der Waals surface area contributed by atoms with Gasteiger partial charge in [0.1, 0.15) is 0 Å². The third-order valence-corrected chi connectivity index (χ3v) is 2.43. The van der Waals surface area contributed by atoms with Gasteiger partial charge in [0, 0.05) is 30.8 Å². The Balaban J connectivity index is 2.38. The van der Waals surface area contributed by atoms with E-state index in [9.17, 15) is 13.6 Å². The monoisotopic (exact) mass is 206 g/mol. The van der Waals surface area contributed by atoms with E-state index in [2.05, 4.69) is 5.32 Å². The second-order valence-corrected chi connectivity index (χ2v) is 4.54. The zero-order chi connectivity index (χ0) is 11.0. The van der Waals surface area contributed by atoms with Crippen molar-refractivity contribution in [3.63, 3.8) is 0 Å². The van der Waals surface area contributed by atoms with Crippen LogP contribution < -0.4 is 11.1 Å². The second kappa shape index (κ2) is 3.46. The van der Waals surface area contributed by atoms with Crippen molar-refractivity contribution in [1.82, 2.24) is 5.32 Å². The van der Waals surface area contributed by atoms with Crippen LogP contribution in [-0.4, -0.2) is 23.9 Å². The number of nitrogens with two attached hydrogens (primary N) is 1. The average molecular weight is 206 g/mol. The normalized spacial score (nSPS) is 21.5. The maximum Gasteiger partial charge on any atom is 0.249 e. The minimum atomic E-state index is -2.64. The number of hydrogen-bond acceptors (Lipinski definition) is 2. The van der Waals surface area contributed by atoms with Crippen LogP contribution in [0.15, 0.2) is 0 Å². The van der Waals surface area contributed by atoms with Crippen LogP contribution >= 0.6 is 0 Å². The maximum atomic E-state index is 12.5. The Bertz CT molecular complexity index is 233. The Labute approximate surface area is 82.0 Å². The van der Waals surface area contributed by atoms with Crippen LogP contribution in [0.5, 0.6) is 0 Å². The number of nitrogens with one attached hydrogen (secondary N) is 1. The van der Waals surface area contributed by atoms with Crippen LogP contribution in [0.1, 0.15) is 26.7 Å². The number of halogens is 2. The molecule has 14 heavy (non-hydrogen) atoms. The third-order valence-electron chi connectivity index (χ3n) is 2.43. The van der Waals surface area contributed by atoms with Gasteiger partial charge in [0.05, 0.1) is 0 Å². The minimum Gasteiger partial charge on any atom is -0.350 e. The zero-order valence-corrected chi connectivity index (χ0v) is 8.44. The molecule has 0 heterocycles. The molecule has 0 saturated heterocycles. The highest BCUT2D eigenvalue weighted by atomic mass is 19.3. The first kappa shape index (κ1) is 11.4. The molecule has 0 radical (unpaired) electrons. The van der Waals surface area contributed by atoms with Crippen LogP contribution in [-0.2, 0) is 4.79 Å². The second-order valence-electron chi connectivity index (χ2n) is 4.54. The number of alkyl halides is 2. The molecule has 1 aliphatic rings. The van der Waals surface area contributed by atoms with Crippen molar-refractivity contribution >= 4 is 5.91 Å². The van der Waals surface area contributed by atoms with E-state index in [4.69, 9.17) is 5.73 Å². The molecule has 0 bridgehead atoms. The average Bonchev–Trinajstić information content (AvgIpc) is 1.99. The molecule has 1 amide bonds. The zero-order valence-electron chi connectivity index (χ0n) is 8.44. The number of carbonyl (C=O) groups is 1. The van der Waals surface area contributed by atoms with Gasteiger partial charge in [0.2, 0.25) is 11.8 Å². The lowest BCUT2D eigenvalue weighted by molar-refractivity contribution is -0.151. The highest BCUT2D eigenvalue weighted by Gasteiger charge is 2.49. The van der Waals surface area contributed by atoms with Crippen molar-refractivity contribution in [2.45, 2.75) is 38.2 Å². The molecule has 0 aromatic carbocycles. The fraction of sp³-hybridized carbons (Fsp3) is 0.889. The molecular formula is C9H16F2N2O. The lowest BCUT2D eigenvalue weighted by atomic mass is 9.80. The molecule has 0 aromatic heterocycles. The lowest BCUT2D eigenvalue weighted by Gasteiger charge is -2.36. The van der Waals surface area contributed by atoms with Gasteiger partial charge < -0.3 is 11.1 Å². The van der Waals surface area contributed by atoms with Crippen molar-refractivity contribution in [2.75, 3.05) is 6.54 Å². The Kier molecular flexibility index (Phi) is 2.81. The number of rotatable bonds is 3. The molecule has 82 valence electrons. The summed E-state index contributed by atoms with van der Waals surface area (Å²) in [7, 11) is 0. The van der Waals surface area contributed by atoms with E-state index in [-0.39, 0.29) is 18.7 Å². The van der Waals surface area contributed by atoms with Gasteiger partial charge in [-0.05, 0) is 13.8 Å². The van der Waals surface area contributed by atoms with Gasteiger partial charge in [-0.25, -0.2) is 8.78 Å². The molecule has 3 nitrogen and oxygen atoms in total. The van der Waals surface area contributed by atoms with E-state index in [0.29, 0.717) is 6.54 Å². The Morgan fingerprint density at radius 2 is 2.07 bits per heavy atom. The molecule has 1 saturated carbocycles. The number of hydrogen-bond donors (Lipinski definition) is 2. The smallest absolute Gasteiger partial charge is 0.249 e. The summed E-state index contributed by atoms with van der Waals surface area (Å²) in [5.74, 6) is -3.50. The lowest BCUT2D eigenvalue weighted by Crippen LogP contribution is -2.54. The molecular weight excluding hydrogens is 190 g/mol. The Morgan fingerprint density at radius 3 is 2.43 bits per heavy atom. The van der Waals surface area contributed by atoms with E-state index in [0.717, 1.165) is 0 Å². The first-order valence-electron chi connectivity index (χ1n) is 4.66. The minimum absolute atomic E-state index is 0.294. The SMILES string of the molecule is CC(C)(CN)NC(=O)C1CC(F)(F)C1. The first-order chi connectivity index (χ1) is 6.26. The molecule has 0 unspecified atom stereocenters. The molecule has 1 aliphatic carbocycles. The van der Waals surface area contributed by atoms with Gasteiger partial charge in [-0.3, -0.25) is 4.79 Å². The van der Waals surface area contributed by atoms with Crippen LogP contribution in [0.25, 0.3) is 0 Å². The van der Waals surface area contributed by atoms with Gasteiger partial charge in [0.25, 0.3) is 0 Å². The largest absolute Gasteiger partial charge is 0.350 e. The predicted molar refractivity (Wildman–Crippen MR) is 48.9 cm³/mol. The molecule has 1 fully saturated rings. The number of amides is 1. The number of carbonyl (C=O) groups excluding carboxylic acids is 1. The van der Waals surface area contributed by atoms with Gasteiger partial charge in [-0.2, -0.15) is 0 Å². The van der Waals surface area contributed by atoms with Crippen molar-refractivity contribution < 1.29 is 13.6 Å². The van der Waals surface area contributed by atoms with Crippen LogP contribution in [0.3, 0.4) is 0 Å². The predicted octanol–water partition coefficient (Wildman–Crippen LogP) is 0.885. The third kappa shape index (κ3) is 2.64. The fourth-order valence-corrected chi connectivity index (χ4v) is 1.33. The van der Waals surface area contributed by atoms with Crippen LogP contribution in [0.4, 0.5) is 8.78 Å². The van der Waals surface area contributed by atoms with E-state index in [1.807, 2.05) is 0 Å². The van der Waals surface area contributed by atoms with Crippen LogP contribution in [0, 0.1) is 5.92 Å². The van der Waals surface area contributed by atoms with Crippen molar-refractivity contribution in [3.05, 3.63) is 0 Å². The molecule has 1 rings (SSSR count). The molecule has 0 aliphatic heterocycles. The summed E-state index contributed by atoms with van der Waals surface area (Å²) in [6.45, 7) is 3.82. The molecule has 0 atom stereocenters. The highest BCUT2D eigenvalue weighted by Crippen LogP contribution is 2.42. The summed E-state index contributed by atoms with van der Waals surface area (Å²) in [5.41, 5.74) is 4.89. The van der Waals surface area contributed by atoms with Gasteiger partial charge >= 0.3 is 0 Å². The first-order valence-corrected chi connectivity index (χ1v) is 4.66. The van der Waals surface area contributed by atoms with Gasteiger partial charge in [0.15, 0.2) is 0 Å². The topological polar surface area (TPSA) is 55.1 Å². The Hall–Kier alpha value is -0.710. The molecule has 5 heteroatoms. The summed E-state index contributed by atoms with van der Waals surface area (Å²) in [6.07, 6.45) is -0.668. The summed E-state index contributed by atoms with van der Waals surface area (Å²) in [4.78, 5) is 11.4. The van der Waals surface area contributed by atoms with Crippen molar-refractivity contribution in [1.29, 1.82) is 0 Å². The van der Waals surface area contributed by atoms with E-state index in [1.165, 1.54) is 0 Å². The van der Waals surface area contributed by atoms with Crippen molar-refractivity contribution in [3.8, 4) is 0 Å². The summed E-state index contributed by atoms with van der Waals surface area (Å²) in [6, 6.07) is 0. The molecule has 0 aromatic rings. The van der Waals surface area contributed by atoms with E-state index >= 15 is 0 Å². The quantitative estimate of drug-likeness (QED) is 0.720. The van der Waals surface area contributed by atoms with E-state index in [1.54, 1.807) is 13.8 Å². The van der Waals surface area contributed by atoms with Gasteiger partial charge in [-0.15, -0.1) is 0 Å².